The van der Waals surface area contributed by atoms with E-state index < -0.39 is 7.50 Å². The van der Waals surface area contributed by atoms with Crippen LogP contribution in [0.15, 0.2) is 30.3 Å². The Labute approximate surface area is 73.0 Å². The molecule has 1 aromatic rings. The molecule has 0 saturated heterocycles. The minimum Gasteiger partial charge on any atom is -0.458 e. The van der Waals surface area contributed by atoms with Crippen molar-refractivity contribution in [3.8, 4) is 5.75 Å². The monoisotopic (exact) mass is 188 g/mol. The van der Waals surface area contributed by atoms with E-state index >= 15 is 0 Å². The maximum atomic E-state index is 5.84. The molecule has 0 fully saturated rings. The Morgan fingerprint density at radius 1 is 1.36 bits per heavy atom. The fourth-order valence-electron chi connectivity index (χ4n) is 0.660. The predicted molar refractivity (Wildman–Crippen MR) is 50.4 cm³/mol. The second kappa shape index (κ2) is 4.58. The van der Waals surface area contributed by atoms with Crippen LogP contribution in [0.5, 0.6) is 5.75 Å². The molecule has 3 heteroatoms. The number of rotatable bonds is 3. The zero-order chi connectivity index (χ0) is 8.10. The first-order valence-corrected chi connectivity index (χ1v) is 5.84. The lowest BCUT2D eigenvalue weighted by atomic mass is 10.3. The minimum atomic E-state index is -0.782. The van der Waals surface area contributed by atoms with Gasteiger partial charge < -0.3 is 4.52 Å². The van der Waals surface area contributed by atoms with Crippen LogP contribution in [0.2, 0.25) is 0 Å². The van der Waals surface area contributed by atoms with Gasteiger partial charge in [0, 0.05) is 6.16 Å². The first kappa shape index (κ1) is 8.83. The highest BCUT2D eigenvalue weighted by atomic mass is 35.7. The van der Waals surface area contributed by atoms with E-state index in [0.29, 0.717) is 0 Å². The lowest BCUT2D eigenvalue weighted by Crippen LogP contribution is -1.82. The molecule has 0 aromatic heterocycles. The molecule has 1 aromatic carbocycles. The highest BCUT2D eigenvalue weighted by molar-refractivity contribution is 7.80. The zero-order valence-electron chi connectivity index (χ0n) is 6.33. The summed E-state index contributed by atoms with van der Waals surface area (Å²) in [6.07, 6.45) is 0.881. The van der Waals surface area contributed by atoms with Crippen LogP contribution in [0.25, 0.3) is 0 Å². The highest BCUT2D eigenvalue weighted by Gasteiger charge is 2.01. The van der Waals surface area contributed by atoms with Crippen molar-refractivity contribution < 1.29 is 4.52 Å². The molecule has 0 spiro atoms. The number of hydrogen-bond donors (Lipinski definition) is 0. The largest absolute Gasteiger partial charge is 0.458 e. The SMILES string of the molecule is CCP(Cl)Oc1ccccc1. The number of hydrogen-bond acceptors (Lipinski definition) is 1. The normalized spacial score (nSPS) is 12.5. The van der Waals surface area contributed by atoms with Gasteiger partial charge >= 0.3 is 0 Å². The summed E-state index contributed by atoms with van der Waals surface area (Å²) >= 11 is 5.84. The van der Waals surface area contributed by atoms with Crippen molar-refractivity contribution in [2.45, 2.75) is 6.92 Å². The Kier molecular flexibility index (Phi) is 3.68. The second-order valence-electron chi connectivity index (χ2n) is 2.04. The summed E-state index contributed by atoms with van der Waals surface area (Å²) in [4.78, 5) is 0. The molecule has 0 heterocycles. The first-order valence-electron chi connectivity index (χ1n) is 3.49. The molecule has 60 valence electrons. The summed E-state index contributed by atoms with van der Waals surface area (Å²) in [5, 5.41) is 0. The molecule has 0 radical (unpaired) electrons. The Hall–Kier alpha value is -0.260. The maximum absolute atomic E-state index is 5.84. The lowest BCUT2D eigenvalue weighted by Gasteiger charge is -2.08. The Bertz CT molecular complexity index is 203. The van der Waals surface area contributed by atoms with Crippen molar-refractivity contribution in [2.24, 2.45) is 0 Å². The molecule has 0 saturated carbocycles. The lowest BCUT2D eigenvalue weighted by molar-refractivity contribution is 0.626. The number of benzene rings is 1. The molecule has 1 rings (SSSR count). The maximum Gasteiger partial charge on any atom is 0.182 e. The van der Waals surface area contributed by atoms with E-state index in [1.807, 2.05) is 37.3 Å². The first-order chi connectivity index (χ1) is 5.33. The van der Waals surface area contributed by atoms with E-state index in [0.717, 1.165) is 11.9 Å². The van der Waals surface area contributed by atoms with Crippen molar-refractivity contribution in [2.75, 3.05) is 6.16 Å². The van der Waals surface area contributed by atoms with Gasteiger partial charge in [-0.3, -0.25) is 0 Å². The summed E-state index contributed by atoms with van der Waals surface area (Å²) in [6.45, 7) is 2.02. The summed E-state index contributed by atoms with van der Waals surface area (Å²) in [6, 6.07) is 9.65. The van der Waals surface area contributed by atoms with E-state index in [1.54, 1.807) is 0 Å². The van der Waals surface area contributed by atoms with Gasteiger partial charge in [0.2, 0.25) is 0 Å². The van der Waals surface area contributed by atoms with Crippen molar-refractivity contribution in [1.82, 2.24) is 0 Å². The molecular weight excluding hydrogens is 179 g/mol. The van der Waals surface area contributed by atoms with E-state index in [-0.39, 0.29) is 0 Å². The van der Waals surface area contributed by atoms with Crippen molar-refractivity contribution in [1.29, 1.82) is 0 Å². The Balaban J connectivity index is 2.51. The van der Waals surface area contributed by atoms with Gasteiger partial charge in [-0.05, 0) is 23.4 Å². The van der Waals surface area contributed by atoms with E-state index in [4.69, 9.17) is 15.8 Å². The molecule has 0 bridgehead atoms. The topological polar surface area (TPSA) is 9.23 Å². The number of halogens is 1. The smallest absolute Gasteiger partial charge is 0.182 e. The van der Waals surface area contributed by atoms with Crippen LogP contribution in [0.1, 0.15) is 6.92 Å². The van der Waals surface area contributed by atoms with E-state index in [2.05, 4.69) is 0 Å². The number of para-hydroxylation sites is 1. The van der Waals surface area contributed by atoms with E-state index in [9.17, 15) is 0 Å². The van der Waals surface area contributed by atoms with Crippen LogP contribution in [-0.4, -0.2) is 6.16 Å². The average Bonchev–Trinajstić information content (AvgIpc) is 2.06. The fourth-order valence-corrected chi connectivity index (χ4v) is 1.38. The van der Waals surface area contributed by atoms with Gasteiger partial charge in [-0.1, -0.05) is 25.1 Å². The minimum absolute atomic E-state index is 0.782. The van der Waals surface area contributed by atoms with Gasteiger partial charge in [-0.25, -0.2) is 0 Å². The van der Waals surface area contributed by atoms with Gasteiger partial charge in [0.25, 0.3) is 0 Å². The third-order valence-corrected chi connectivity index (χ3v) is 3.03. The molecule has 1 unspecified atom stereocenters. The van der Waals surface area contributed by atoms with Crippen LogP contribution in [0.4, 0.5) is 0 Å². The van der Waals surface area contributed by atoms with Crippen molar-refractivity contribution in [3.63, 3.8) is 0 Å². The third-order valence-electron chi connectivity index (χ3n) is 1.20. The molecule has 0 aliphatic rings. The van der Waals surface area contributed by atoms with Crippen LogP contribution < -0.4 is 4.52 Å². The second-order valence-corrected chi connectivity index (χ2v) is 4.62. The van der Waals surface area contributed by atoms with Gasteiger partial charge in [-0.15, -0.1) is 0 Å². The summed E-state index contributed by atoms with van der Waals surface area (Å²) < 4.78 is 5.39. The third kappa shape index (κ3) is 3.09. The van der Waals surface area contributed by atoms with Crippen LogP contribution in [0, 0.1) is 0 Å². The summed E-state index contributed by atoms with van der Waals surface area (Å²) in [5.41, 5.74) is 0. The molecule has 0 aliphatic carbocycles. The van der Waals surface area contributed by atoms with Gasteiger partial charge in [0.05, 0.1) is 0 Å². The molecule has 0 N–H and O–H groups in total. The molecule has 11 heavy (non-hydrogen) atoms. The van der Waals surface area contributed by atoms with Crippen LogP contribution in [-0.2, 0) is 0 Å². The standard InChI is InChI=1S/C8H10ClOP/c1-2-11(9)10-8-6-4-3-5-7-8/h3-7H,2H2,1H3. The van der Waals surface area contributed by atoms with Gasteiger partial charge in [0.15, 0.2) is 7.50 Å². The highest BCUT2D eigenvalue weighted by Crippen LogP contribution is 2.42. The van der Waals surface area contributed by atoms with Crippen molar-refractivity contribution in [3.05, 3.63) is 30.3 Å². The molecule has 1 atom stereocenters. The van der Waals surface area contributed by atoms with Gasteiger partial charge in [-0.2, -0.15) is 0 Å². The molecule has 0 amide bonds. The fraction of sp³-hybridized carbons (Fsp3) is 0.250. The summed E-state index contributed by atoms with van der Waals surface area (Å²) in [7, 11) is -0.782. The quantitative estimate of drug-likeness (QED) is 0.658. The molecule has 0 aliphatic heterocycles. The molecule has 1 nitrogen and oxygen atoms in total. The van der Waals surface area contributed by atoms with Crippen molar-refractivity contribution >= 4 is 18.7 Å². The van der Waals surface area contributed by atoms with E-state index in [1.165, 1.54) is 0 Å². The molecular formula is C8H10ClOP. The zero-order valence-corrected chi connectivity index (χ0v) is 7.98. The van der Waals surface area contributed by atoms with Crippen LogP contribution >= 0.6 is 18.7 Å². The van der Waals surface area contributed by atoms with Crippen LogP contribution in [0.3, 0.4) is 0 Å². The Morgan fingerprint density at radius 3 is 2.55 bits per heavy atom. The average molecular weight is 189 g/mol. The summed E-state index contributed by atoms with van der Waals surface area (Å²) in [5.74, 6) is 0.857. The predicted octanol–water partition coefficient (Wildman–Crippen LogP) is 3.64. The Morgan fingerprint density at radius 2 is 2.00 bits per heavy atom. The van der Waals surface area contributed by atoms with Gasteiger partial charge in [0.1, 0.15) is 5.75 Å².